The van der Waals surface area contributed by atoms with Crippen molar-refractivity contribution in [3.8, 4) is 11.5 Å². The Morgan fingerprint density at radius 3 is 2.41 bits per heavy atom. The van der Waals surface area contributed by atoms with E-state index in [4.69, 9.17) is 17.0 Å². The normalized spacial score (nSPS) is 10.6. The van der Waals surface area contributed by atoms with E-state index < -0.39 is 0 Å². The number of anilines is 2. The summed E-state index contributed by atoms with van der Waals surface area (Å²) in [6.07, 6.45) is 0. The van der Waals surface area contributed by atoms with Crippen molar-refractivity contribution in [3.63, 3.8) is 0 Å². The molecule has 0 aromatic heterocycles. The molecule has 0 heterocycles. The summed E-state index contributed by atoms with van der Waals surface area (Å²) in [6.45, 7) is 4.77. The Hall–Kier alpha value is -3.05. The molecular formula is C24H26N2O2S. The van der Waals surface area contributed by atoms with Crippen LogP contribution in [-0.2, 0) is 6.54 Å². The lowest BCUT2D eigenvalue weighted by molar-refractivity contribution is 0.415. The summed E-state index contributed by atoms with van der Waals surface area (Å²) < 4.78 is 5.37. The lowest BCUT2D eigenvalue weighted by atomic mass is 10.0. The van der Waals surface area contributed by atoms with Crippen LogP contribution < -0.4 is 15.0 Å². The van der Waals surface area contributed by atoms with Gasteiger partial charge in [-0.1, -0.05) is 50.2 Å². The number of methoxy groups -OCH3 is 1. The fourth-order valence-corrected chi connectivity index (χ4v) is 3.30. The molecule has 0 saturated carbocycles. The van der Waals surface area contributed by atoms with Gasteiger partial charge in [0.25, 0.3) is 0 Å². The number of phenolic OH excluding ortho intramolecular Hbond substituents is 1. The molecule has 2 N–H and O–H groups in total. The van der Waals surface area contributed by atoms with E-state index in [1.54, 1.807) is 13.2 Å². The van der Waals surface area contributed by atoms with Crippen molar-refractivity contribution in [1.82, 2.24) is 0 Å². The van der Waals surface area contributed by atoms with E-state index in [-0.39, 0.29) is 5.75 Å². The number of aromatic hydroxyl groups is 1. The van der Waals surface area contributed by atoms with Gasteiger partial charge in [0.2, 0.25) is 0 Å². The highest BCUT2D eigenvalue weighted by molar-refractivity contribution is 7.80. The Balaban J connectivity index is 1.88. The van der Waals surface area contributed by atoms with E-state index >= 15 is 0 Å². The summed E-state index contributed by atoms with van der Waals surface area (Å²) in [7, 11) is 1.64. The van der Waals surface area contributed by atoms with Crippen LogP contribution in [0.15, 0.2) is 72.8 Å². The van der Waals surface area contributed by atoms with Gasteiger partial charge in [-0.15, -0.1) is 0 Å². The van der Waals surface area contributed by atoms with Crippen LogP contribution >= 0.6 is 12.2 Å². The summed E-state index contributed by atoms with van der Waals surface area (Å²) >= 11 is 5.74. The minimum absolute atomic E-state index is 0.240. The average molecular weight is 407 g/mol. The standard InChI is InChI=1S/C24H26N2O2S/c1-17(2)18-11-13-20(14-12-18)25-24(29)26(16-19-7-4-5-10-23(19)27)21-8-6-9-22(15-21)28-3/h4-15,17,27H,16H2,1-3H3,(H,25,29). The fraction of sp³-hybridized carbons (Fsp3) is 0.208. The van der Waals surface area contributed by atoms with Crippen molar-refractivity contribution in [2.45, 2.75) is 26.3 Å². The molecule has 4 nitrogen and oxygen atoms in total. The van der Waals surface area contributed by atoms with Crippen LogP contribution in [0.25, 0.3) is 0 Å². The van der Waals surface area contributed by atoms with Crippen LogP contribution in [0, 0.1) is 0 Å². The van der Waals surface area contributed by atoms with Crippen LogP contribution in [0.1, 0.15) is 30.9 Å². The second kappa shape index (κ2) is 9.43. The minimum atomic E-state index is 0.240. The number of ether oxygens (including phenoxy) is 1. The maximum atomic E-state index is 10.2. The molecule has 0 aliphatic heterocycles. The maximum Gasteiger partial charge on any atom is 0.178 e. The van der Waals surface area contributed by atoms with Gasteiger partial charge in [0.1, 0.15) is 11.5 Å². The second-order valence-electron chi connectivity index (χ2n) is 7.12. The lowest BCUT2D eigenvalue weighted by Gasteiger charge is -2.27. The van der Waals surface area contributed by atoms with Gasteiger partial charge in [-0.25, -0.2) is 0 Å². The third kappa shape index (κ3) is 5.27. The number of para-hydroxylation sites is 1. The second-order valence-corrected chi connectivity index (χ2v) is 7.51. The van der Waals surface area contributed by atoms with Gasteiger partial charge in [0.05, 0.1) is 13.7 Å². The van der Waals surface area contributed by atoms with Crippen LogP contribution in [0.2, 0.25) is 0 Å². The quantitative estimate of drug-likeness (QED) is 0.497. The Morgan fingerprint density at radius 1 is 1.03 bits per heavy atom. The third-order valence-corrected chi connectivity index (χ3v) is 5.08. The monoisotopic (exact) mass is 406 g/mol. The first-order valence-corrected chi connectivity index (χ1v) is 9.98. The molecule has 0 bridgehead atoms. The number of hydrogen-bond acceptors (Lipinski definition) is 3. The summed E-state index contributed by atoms with van der Waals surface area (Å²) in [6, 6.07) is 23.3. The van der Waals surface area contributed by atoms with E-state index in [0.717, 1.165) is 22.7 Å². The zero-order chi connectivity index (χ0) is 20.8. The zero-order valence-corrected chi connectivity index (χ0v) is 17.7. The highest BCUT2D eigenvalue weighted by Gasteiger charge is 2.16. The van der Waals surface area contributed by atoms with E-state index in [1.807, 2.05) is 59.5 Å². The molecule has 0 radical (unpaired) electrons. The fourth-order valence-electron chi connectivity index (χ4n) is 3.02. The Bertz CT molecular complexity index is 971. The summed E-state index contributed by atoms with van der Waals surface area (Å²) in [4.78, 5) is 1.95. The molecule has 3 aromatic rings. The van der Waals surface area contributed by atoms with E-state index in [2.05, 4.69) is 31.3 Å². The van der Waals surface area contributed by atoms with Gasteiger partial charge in [-0.3, -0.25) is 0 Å². The van der Waals surface area contributed by atoms with Crippen molar-refractivity contribution in [2.75, 3.05) is 17.3 Å². The predicted octanol–water partition coefficient (Wildman–Crippen LogP) is 5.93. The Kier molecular flexibility index (Phi) is 6.73. The molecule has 0 aliphatic rings. The van der Waals surface area contributed by atoms with Crippen molar-refractivity contribution in [2.24, 2.45) is 0 Å². The molecule has 0 spiro atoms. The largest absolute Gasteiger partial charge is 0.508 e. The third-order valence-electron chi connectivity index (χ3n) is 4.76. The first-order chi connectivity index (χ1) is 14.0. The molecule has 0 saturated heterocycles. The van der Waals surface area contributed by atoms with Gasteiger partial charge in [0, 0.05) is 23.0 Å². The molecule has 0 amide bonds. The predicted molar refractivity (Wildman–Crippen MR) is 124 cm³/mol. The van der Waals surface area contributed by atoms with Gasteiger partial charge in [-0.05, 0) is 54.0 Å². The van der Waals surface area contributed by atoms with Gasteiger partial charge >= 0.3 is 0 Å². The number of nitrogens with one attached hydrogen (secondary N) is 1. The van der Waals surface area contributed by atoms with Crippen molar-refractivity contribution < 1.29 is 9.84 Å². The molecule has 0 unspecified atom stereocenters. The molecule has 150 valence electrons. The number of benzene rings is 3. The summed E-state index contributed by atoms with van der Waals surface area (Å²) in [5.74, 6) is 1.46. The number of hydrogen-bond donors (Lipinski definition) is 2. The molecule has 3 aromatic carbocycles. The number of phenols is 1. The first-order valence-electron chi connectivity index (χ1n) is 9.57. The molecule has 29 heavy (non-hydrogen) atoms. The molecule has 0 atom stereocenters. The first kappa shape index (κ1) is 20.7. The van der Waals surface area contributed by atoms with E-state index in [1.165, 1.54) is 5.56 Å². The van der Waals surface area contributed by atoms with Crippen LogP contribution in [-0.4, -0.2) is 17.3 Å². The topological polar surface area (TPSA) is 44.7 Å². The van der Waals surface area contributed by atoms with E-state index in [0.29, 0.717) is 17.6 Å². The zero-order valence-electron chi connectivity index (χ0n) is 16.9. The number of nitrogens with zero attached hydrogens (tertiary/aromatic N) is 1. The van der Waals surface area contributed by atoms with Crippen LogP contribution in [0.5, 0.6) is 11.5 Å². The van der Waals surface area contributed by atoms with Gasteiger partial charge < -0.3 is 20.1 Å². The smallest absolute Gasteiger partial charge is 0.178 e. The van der Waals surface area contributed by atoms with Crippen molar-refractivity contribution >= 4 is 28.7 Å². The average Bonchev–Trinajstić information content (AvgIpc) is 2.73. The van der Waals surface area contributed by atoms with E-state index in [9.17, 15) is 5.11 Å². The maximum absolute atomic E-state index is 10.2. The van der Waals surface area contributed by atoms with Gasteiger partial charge in [-0.2, -0.15) is 0 Å². The van der Waals surface area contributed by atoms with Crippen molar-refractivity contribution in [3.05, 3.63) is 83.9 Å². The highest BCUT2D eigenvalue weighted by Crippen LogP contribution is 2.27. The highest BCUT2D eigenvalue weighted by atomic mass is 32.1. The van der Waals surface area contributed by atoms with Crippen LogP contribution in [0.3, 0.4) is 0 Å². The van der Waals surface area contributed by atoms with Gasteiger partial charge in [0.15, 0.2) is 5.11 Å². The number of thiocarbonyl (C=S) groups is 1. The molecule has 0 aliphatic carbocycles. The summed E-state index contributed by atoms with van der Waals surface area (Å²) in [5, 5.41) is 14.1. The lowest BCUT2D eigenvalue weighted by Crippen LogP contribution is -2.34. The number of rotatable bonds is 6. The van der Waals surface area contributed by atoms with Crippen molar-refractivity contribution in [1.29, 1.82) is 0 Å². The SMILES string of the molecule is COc1cccc(N(Cc2ccccc2O)C(=S)Nc2ccc(C(C)C)cc2)c1. The molecule has 3 rings (SSSR count). The Morgan fingerprint density at radius 2 is 1.76 bits per heavy atom. The molecule has 5 heteroatoms. The molecular weight excluding hydrogens is 380 g/mol. The summed E-state index contributed by atoms with van der Waals surface area (Å²) in [5.41, 5.74) is 3.86. The Labute approximate surface area is 177 Å². The minimum Gasteiger partial charge on any atom is -0.508 e. The molecule has 0 fully saturated rings. The van der Waals surface area contributed by atoms with Crippen LogP contribution in [0.4, 0.5) is 11.4 Å².